The number of carbonyl (C=O) groups excluding carboxylic acids is 1. The molecule has 17 unspecified atom stereocenters. The van der Waals surface area contributed by atoms with Gasteiger partial charge in [-0.05, 0) is 64.2 Å². The van der Waals surface area contributed by atoms with Crippen molar-refractivity contribution in [1.29, 1.82) is 0 Å². The van der Waals surface area contributed by atoms with Crippen molar-refractivity contribution in [3.63, 3.8) is 0 Å². The van der Waals surface area contributed by atoms with Gasteiger partial charge in [-0.2, -0.15) is 0 Å². The van der Waals surface area contributed by atoms with Crippen molar-refractivity contribution in [1.82, 2.24) is 5.32 Å². The maximum Gasteiger partial charge on any atom is 0.220 e. The predicted molar refractivity (Wildman–Crippen MR) is 258 cm³/mol. The largest absolute Gasteiger partial charge is 0.394 e. The number of unbranched alkanes of at least 4 members (excludes halogenated alkanes) is 5. The lowest BCUT2D eigenvalue weighted by Crippen LogP contribution is -2.66. The van der Waals surface area contributed by atoms with Crippen molar-refractivity contribution in [2.45, 2.75) is 214 Å². The van der Waals surface area contributed by atoms with Gasteiger partial charge in [0.15, 0.2) is 18.9 Å². The zero-order chi connectivity index (χ0) is 51.3. The summed E-state index contributed by atoms with van der Waals surface area (Å²) in [5.41, 5.74) is 0. The van der Waals surface area contributed by atoms with E-state index in [0.29, 0.717) is 19.3 Å². The first-order chi connectivity index (χ1) is 33.8. The van der Waals surface area contributed by atoms with E-state index in [1.54, 1.807) is 0 Å². The Kier molecular flexibility index (Phi) is 31.1. The van der Waals surface area contributed by atoms with E-state index in [9.17, 15) is 61.0 Å². The maximum absolute atomic E-state index is 13.1. The summed E-state index contributed by atoms with van der Waals surface area (Å²) in [6, 6.07) is -0.909. The molecule has 3 saturated heterocycles. The van der Waals surface area contributed by atoms with Crippen LogP contribution in [0.4, 0.5) is 0 Å². The first kappa shape index (κ1) is 61.5. The fourth-order valence-electron chi connectivity index (χ4n) is 8.08. The Labute approximate surface area is 413 Å². The molecule has 3 heterocycles. The van der Waals surface area contributed by atoms with Gasteiger partial charge in [-0.1, -0.05) is 112 Å². The van der Waals surface area contributed by atoms with E-state index in [-0.39, 0.29) is 18.9 Å². The number of allylic oxidation sites excluding steroid dienone is 12. The third-order valence-corrected chi connectivity index (χ3v) is 12.3. The maximum atomic E-state index is 13.1. The lowest BCUT2D eigenvalue weighted by atomic mass is 9.96. The molecule has 0 spiro atoms. The molecule has 0 aromatic carbocycles. The number of nitrogens with one attached hydrogen (secondary N) is 1. The van der Waals surface area contributed by atoms with Gasteiger partial charge < -0.3 is 89.9 Å². The summed E-state index contributed by atoms with van der Waals surface area (Å²) in [6.45, 7) is 1.44. The molecule has 3 rings (SSSR count). The van der Waals surface area contributed by atoms with E-state index in [1.165, 1.54) is 0 Å². The molecule has 0 radical (unpaired) electrons. The van der Waals surface area contributed by atoms with Crippen molar-refractivity contribution >= 4 is 5.91 Å². The second kappa shape index (κ2) is 35.4. The average molecular weight is 1000 g/mol. The summed E-state index contributed by atoms with van der Waals surface area (Å²) in [4.78, 5) is 13.1. The molecule has 17 atom stereocenters. The van der Waals surface area contributed by atoms with Crippen LogP contribution < -0.4 is 5.32 Å². The molecule has 19 nitrogen and oxygen atoms in total. The Hall–Kier alpha value is -2.77. The van der Waals surface area contributed by atoms with Gasteiger partial charge >= 0.3 is 0 Å². The third kappa shape index (κ3) is 21.0. The van der Waals surface area contributed by atoms with Crippen LogP contribution in [0.5, 0.6) is 0 Å². The van der Waals surface area contributed by atoms with E-state index < -0.39 is 124 Å². The standard InChI is InChI=1S/C51H85NO18/c1-3-5-7-9-10-11-12-13-14-15-16-17-18-19-20-21-22-23-24-25-27-29-39(57)52-34(35(56)28-26-8-6-4-2)33-65-49-45(63)42(60)47(37(31-54)67-49)70-51-46(64)43(61)48(38(32-55)68-51)69-50-44(62)41(59)40(58)36(30-53)66-50/h5,7,10-11,13-14,16-17,19-20,22-23,34-38,40-51,53-56,58-64H,3-4,6,8-9,12,15,18,21,24-33H2,1-2H3,(H,52,57)/b7-5-,11-10-,14-13-,17-16-,20-19-,23-22-. The van der Waals surface area contributed by atoms with Crippen LogP contribution in [0, 0.1) is 0 Å². The van der Waals surface area contributed by atoms with Crippen LogP contribution in [0.3, 0.4) is 0 Å². The molecular formula is C51H85NO18. The summed E-state index contributed by atoms with van der Waals surface area (Å²) < 4.78 is 33.9. The van der Waals surface area contributed by atoms with Crippen LogP contribution in [-0.2, 0) is 33.2 Å². The molecule has 12 N–H and O–H groups in total. The SMILES string of the molecule is CC/C=C\C/C=C\C/C=C\C/C=C\C/C=C\C/C=C\CCCCC(=O)NC(COC1OC(CO)C(OC2OC(CO)C(OC3OC(CO)C(O)C(O)C3O)C(O)C2O)C(O)C1O)C(O)CCCCCC. The van der Waals surface area contributed by atoms with E-state index >= 15 is 0 Å². The van der Waals surface area contributed by atoms with Crippen molar-refractivity contribution < 1.29 is 89.4 Å². The number of carbonyl (C=O) groups is 1. The summed E-state index contributed by atoms with van der Waals surface area (Å²) in [7, 11) is 0. The van der Waals surface area contributed by atoms with Crippen LogP contribution in [-0.4, -0.2) is 193 Å². The number of aliphatic hydroxyl groups excluding tert-OH is 11. The summed E-state index contributed by atoms with van der Waals surface area (Å²) in [6.07, 6.45) is 11.0. The lowest BCUT2D eigenvalue weighted by molar-refractivity contribution is -0.379. The molecule has 0 aromatic rings. The molecule has 19 heteroatoms. The molecule has 402 valence electrons. The third-order valence-electron chi connectivity index (χ3n) is 12.3. The Morgan fingerprint density at radius 2 is 0.986 bits per heavy atom. The first-order valence-corrected chi connectivity index (χ1v) is 25.2. The van der Waals surface area contributed by atoms with Gasteiger partial charge in [0.1, 0.15) is 73.2 Å². The summed E-state index contributed by atoms with van der Waals surface area (Å²) in [5.74, 6) is -0.300. The zero-order valence-electron chi connectivity index (χ0n) is 41.0. The van der Waals surface area contributed by atoms with Crippen LogP contribution in [0.15, 0.2) is 72.9 Å². The van der Waals surface area contributed by atoms with E-state index in [4.69, 9.17) is 28.4 Å². The van der Waals surface area contributed by atoms with Crippen LogP contribution >= 0.6 is 0 Å². The number of hydrogen-bond donors (Lipinski definition) is 12. The smallest absolute Gasteiger partial charge is 0.220 e. The normalized spacial score (nSPS) is 33.2. The van der Waals surface area contributed by atoms with Gasteiger partial charge in [0, 0.05) is 6.42 Å². The first-order valence-electron chi connectivity index (χ1n) is 25.2. The average Bonchev–Trinajstić information content (AvgIpc) is 3.35. The Balaban J connectivity index is 1.47. The summed E-state index contributed by atoms with van der Waals surface area (Å²) in [5, 5.41) is 119. The quantitative estimate of drug-likeness (QED) is 0.0328. The van der Waals surface area contributed by atoms with Gasteiger partial charge in [-0.3, -0.25) is 4.79 Å². The van der Waals surface area contributed by atoms with Gasteiger partial charge in [0.25, 0.3) is 0 Å². The predicted octanol–water partition coefficient (Wildman–Crippen LogP) is 1.53. The monoisotopic (exact) mass is 1000 g/mol. The number of aliphatic hydroxyl groups is 11. The van der Waals surface area contributed by atoms with Gasteiger partial charge in [0.05, 0.1) is 38.6 Å². The van der Waals surface area contributed by atoms with Gasteiger partial charge in [-0.25, -0.2) is 0 Å². The molecule has 0 bridgehead atoms. The molecule has 0 aliphatic carbocycles. The number of ether oxygens (including phenoxy) is 6. The lowest BCUT2D eigenvalue weighted by Gasteiger charge is -2.48. The fourth-order valence-corrected chi connectivity index (χ4v) is 8.08. The Morgan fingerprint density at radius 3 is 1.49 bits per heavy atom. The van der Waals surface area contributed by atoms with Crippen molar-refractivity contribution in [2.24, 2.45) is 0 Å². The minimum absolute atomic E-state index is 0.204. The highest BCUT2D eigenvalue weighted by molar-refractivity contribution is 5.76. The highest BCUT2D eigenvalue weighted by Crippen LogP contribution is 2.33. The fraction of sp³-hybridized carbons (Fsp3) is 0.745. The molecule has 3 fully saturated rings. The molecule has 1 amide bonds. The van der Waals surface area contributed by atoms with E-state index in [1.807, 2.05) is 0 Å². The molecule has 0 saturated carbocycles. The van der Waals surface area contributed by atoms with Crippen LogP contribution in [0.25, 0.3) is 0 Å². The zero-order valence-corrected chi connectivity index (χ0v) is 41.0. The molecule has 3 aliphatic rings. The Morgan fingerprint density at radius 1 is 0.529 bits per heavy atom. The number of amides is 1. The number of hydrogen-bond acceptors (Lipinski definition) is 18. The van der Waals surface area contributed by atoms with Gasteiger partial charge in [-0.15, -0.1) is 0 Å². The minimum Gasteiger partial charge on any atom is -0.394 e. The highest BCUT2D eigenvalue weighted by atomic mass is 16.8. The molecular weight excluding hydrogens is 915 g/mol. The van der Waals surface area contributed by atoms with E-state index in [0.717, 1.165) is 70.6 Å². The van der Waals surface area contributed by atoms with Crippen molar-refractivity contribution in [2.75, 3.05) is 26.4 Å². The minimum atomic E-state index is -1.98. The Bertz CT molecular complexity index is 1570. The molecule has 0 aromatic heterocycles. The van der Waals surface area contributed by atoms with Crippen LogP contribution in [0.2, 0.25) is 0 Å². The molecule has 70 heavy (non-hydrogen) atoms. The van der Waals surface area contributed by atoms with Crippen molar-refractivity contribution in [3.8, 4) is 0 Å². The van der Waals surface area contributed by atoms with Crippen molar-refractivity contribution in [3.05, 3.63) is 72.9 Å². The summed E-state index contributed by atoms with van der Waals surface area (Å²) >= 11 is 0. The second-order valence-electron chi connectivity index (χ2n) is 17.9. The van der Waals surface area contributed by atoms with Crippen LogP contribution in [0.1, 0.15) is 110 Å². The molecule has 3 aliphatic heterocycles. The number of rotatable bonds is 33. The van der Waals surface area contributed by atoms with E-state index in [2.05, 4.69) is 92.1 Å². The van der Waals surface area contributed by atoms with Gasteiger partial charge in [0.2, 0.25) is 5.91 Å². The second-order valence-corrected chi connectivity index (χ2v) is 17.9. The topological polar surface area (TPSA) is 307 Å². The highest BCUT2D eigenvalue weighted by Gasteiger charge is 2.53.